The second kappa shape index (κ2) is 14.8. The number of benzene rings is 3. The molecule has 3 aromatic carbocycles. The van der Waals surface area contributed by atoms with Crippen LogP contribution >= 0.6 is 0 Å². The van der Waals surface area contributed by atoms with Crippen LogP contribution in [-0.4, -0.2) is 53.6 Å². The second-order valence-corrected chi connectivity index (χ2v) is 12.1. The second-order valence-electron chi connectivity index (χ2n) is 12.1. The number of carbonyl (C=O) groups excluding carboxylic acids is 4. The quantitative estimate of drug-likeness (QED) is 0.322. The molecule has 1 unspecified atom stereocenters. The Hall–Kier alpha value is -4.46. The smallest absolute Gasteiger partial charge is 0.253 e. The third-order valence-corrected chi connectivity index (χ3v) is 8.65. The van der Waals surface area contributed by atoms with Crippen LogP contribution in [0.25, 0.3) is 0 Å². The first-order valence-electron chi connectivity index (χ1n) is 15.7. The van der Waals surface area contributed by atoms with Crippen LogP contribution < -0.4 is 10.6 Å². The fraction of sp³-hybridized carbons (Fsp3) is 0.389. The van der Waals surface area contributed by atoms with E-state index in [-0.39, 0.29) is 41.9 Å². The van der Waals surface area contributed by atoms with Crippen LogP contribution in [0.4, 0.5) is 11.4 Å². The van der Waals surface area contributed by atoms with Gasteiger partial charge in [-0.2, -0.15) is 0 Å². The summed E-state index contributed by atoms with van der Waals surface area (Å²) in [5, 5.41) is 5.89. The summed E-state index contributed by atoms with van der Waals surface area (Å²) in [4.78, 5) is 55.4. The first-order valence-corrected chi connectivity index (χ1v) is 15.7. The van der Waals surface area contributed by atoms with Crippen molar-refractivity contribution in [3.8, 4) is 0 Å². The molecule has 1 aliphatic carbocycles. The van der Waals surface area contributed by atoms with Gasteiger partial charge in [0.15, 0.2) is 0 Å². The molecule has 8 nitrogen and oxygen atoms in total. The summed E-state index contributed by atoms with van der Waals surface area (Å²) in [5.74, 6) is -0.275. The third kappa shape index (κ3) is 8.34. The molecule has 230 valence electrons. The van der Waals surface area contributed by atoms with E-state index in [0.29, 0.717) is 30.0 Å². The molecule has 0 spiro atoms. The molecule has 2 N–H and O–H groups in total. The highest BCUT2D eigenvalue weighted by Gasteiger charge is 2.32. The highest BCUT2D eigenvalue weighted by molar-refractivity contribution is 5.97. The van der Waals surface area contributed by atoms with Crippen LogP contribution in [0.5, 0.6) is 0 Å². The van der Waals surface area contributed by atoms with Crippen molar-refractivity contribution in [2.24, 2.45) is 11.8 Å². The molecule has 1 atom stereocenters. The SMILES string of the molecule is CN(Cc1ccccc1)C(=O)c1cccc(NC(=O)Cc2ccc(NC(=O)C3CCCN(C(=O)C4CCCCC4)C3)cc2)c1. The molecule has 1 heterocycles. The zero-order valence-corrected chi connectivity index (χ0v) is 25.5. The molecule has 1 saturated carbocycles. The van der Waals surface area contributed by atoms with Gasteiger partial charge >= 0.3 is 0 Å². The molecule has 3 aromatic rings. The number of hydrogen-bond acceptors (Lipinski definition) is 4. The van der Waals surface area contributed by atoms with Crippen LogP contribution in [0.2, 0.25) is 0 Å². The van der Waals surface area contributed by atoms with Gasteiger partial charge in [-0.15, -0.1) is 0 Å². The predicted octanol–water partition coefficient (Wildman–Crippen LogP) is 5.90. The summed E-state index contributed by atoms with van der Waals surface area (Å²) >= 11 is 0. The standard InChI is InChI=1S/C36H42N4O4/c1-39(24-27-10-4-2-5-11-27)35(43)29-14-8-16-32(23-29)37-33(41)22-26-17-19-31(20-18-26)38-34(42)30-15-9-21-40(25-30)36(44)28-12-6-3-7-13-28/h2,4-5,8,10-11,14,16-20,23,28,30H,3,6-7,9,12-13,15,21-22,24-25H2,1H3,(H,37,41)(H,38,42). The summed E-state index contributed by atoms with van der Waals surface area (Å²) in [6, 6.07) is 24.0. The van der Waals surface area contributed by atoms with Gasteiger partial charge in [-0.3, -0.25) is 19.2 Å². The molecule has 2 aliphatic rings. The zero-order chi connectivity index (χ0) is 30.9. The lowest BCUT2D eigenvalue weighted by molar-refractivity contribution is -0.139. The van der Waals surface area contributed by atoms with Crippen LogP contribution in [0.15, 0.2) is 78.9 Å². The van der Waals surface area contributed by atoms with E-state index in [1.807, 2.05) is 47.4 Å². The maximum atomic E-state index is 13.0. The molecular formula is C36H42N4O4. The van der Waals surface area contributed by atoms with E-state index in [1.165, 1.54) is 6.42 Å². The van der Waals surface area contributed by atoms with Gasteiger partial charge in [0.1, 0.15) is 0 Å². The van der Waals surface area contributed by atoms with Gasteiger partial charge in [0.05, 0.1) is 12.3 Å². The van der Waals surface area contributed by atoms with E-state index in [2.05, 4.69) is 10.6 Å². The Balaban J connectivity index is 1.10. The summed E-state index contributed by atoms with van der Waals surface area (Å²) < 4.78 is 0. The first-order chi connectivity index (χ1) is 21.4. The molecule has 44 heavy (non-hydrogen) atoms. The van der Waals surface area contributed by atoms with Gasteiger partial charge in [0, 0.05) is 49.5 Å². The van der Waals surface area contributed by atoms with Gasteiger partial charge < -0.3 is 20.4 Å². The van der Waals surface area contributed by atoms with Crippen molar-refractivity contribution in [2.45, 2.75) is 57.9 Å². The van der Waals surface area contributed by atoms with E-state index in [9.17, 15) is 19.2 Å². The Morgan fingerprint density at radius 3 is 2.23 bits per heavy atom. The average Bonchev–Trinajstić information content (AvgIpc) is 3.06. The van der Waals surface area contributed by atoms with Gasteiger partial charge in [-0.25, -0.2) is 0 Å². The summed E-state index contributed by atoms with van der Waals surface area (Å²) in [5.41, 5.74) is 3.57. The zero-order valence-electron chi connectivity index (χ0n) is 25.5. The fourth-order valence-corrected chi connectivity index (χ4v) is 6.22. The summed E-state index contributed by atoms with van der Waals surface area (Å²) in [7, 11) is 1.76. The van der Waals surface area contributed by atoms with Gasteiger partial charge in [0.2, 0.25) is 17.7 Å². The fourth-order valence-electron chi connectivity index (χ4n) is 6.22. The number of amides is 4. The topological polar surface area (TPSA) is 98.8 Å². The van der Waals surface area contributed by atoms with Crippen molar-refractivity contribution in [3.05, 3.63) is 95.6 Å². The highest BCUT2D eigenvalue weighted by atomic mass is 16.2. The molecule has 4 amide bonds. The van der Waals surface area contributed by atoms with Crippen molar-refractivity contribution < 1.29 is 19.2 Å². The molecule has 0 bridgehead atoms. The van der Waals surface area contributed by atoms with Crippen molar-refractivity contribution in [3.63, 3.8) is 0 Å². The van der Waals surface area contributed by atoms with E-state index >= 15 is 0 Å². The lowest BCUT2D eigenvalue weighted by atomic mass is 9.87. The van der Waals surface area contributed by atoms with E-state index in [4.69, 9.17) is 0 Å². The summed E-state index contributed by atoms with van der Waals surface area (Å²) in [6.45, 7) is 1.71. The number of carbonyl (C=O) groups is 4. The molecule has 5 rings (SSSR count). The Labute approximate surface area is 259 Å². The first kappa shape index (κ1) is 31.0. The van der Waals surface area contributed by atoms with Crippen molar-refractivity contribution in [1.82, 2.24) is 9.80 Å². The number of piperidine rings is 1. The number of rotatable bonds is 9. The molecule has 0 aromatic heterocycles. The number of likely N-dealkylation sites (tertiary alicyclic amines) is 1. The van der Waals surface area contributed by atoms with Crippen molar-refractivity contribution >= 4 is 35.0 Å². The predicted molar refractivity (Wildman–Crippen MR) is 172 cm³/mol. The Morgan fingerprint density at radius 1 is 0.750 bits per heavy atom. The molecule has 2 fully saturated rings. The van der Waals surface area contributed by atoms with Crippen LogP contribution in [0.1, 0.15) is 66.4 Å². The minimum absolute atomic E-state index is 0.0690. The molecule has 1 saturated heterocycles. The highest BCUT2D eigenvalue weighted by Crippen LogP contribution is 2.28. The van der Waals surface area contributed by atoms with Gasteiger partial charge in [-0.1, -0.05) is 67.8 Å². The van der Waals surface area contributed by atoms with Crippen LogP contribution in [0, 0.1) is 11.8 Å². The van der Waals surface area contributed by atoms with Crippen LogP contribution in [0.3, 0.4) is 0 Å². The summed E-state index contributed by atoms with van der Waals surface area (Å²) in [6.07, 6.45) is 7.15. The monoisotopic (exact) mass is 594 g/mol. The molecule has 1 aliphatic heterocycles. The lowest BCUT2D eigenvalue weighted by Gasteiger charge is -2.35. The third-order valence-electron chi connectivity index (χ3n) is 8.65. The van der Waals surface area contributed by atoms with E-state index in [1.54, 1.807) is 48.3 Å². The molecular weight excluding hydrogens is 552 g/mol. The van der Waals surface area contributed by atoms with E-state index in [0.717, 1.165) is 56.2 Å². The molecule has 0 radical (unpaired) electrons. The Bertz CT molecular complexity index is 1450. The molecule has 8 heteroatoms. The normalized spacial score (nSPS) is 17.0. The largest absolute Gasteiger partial charge is 0.342 e. The van der Waals surface area contributed by atoms with Gasteiger partial charge in [-0.05, 0) is 67.1 Å². The number of nitrogens with zero attached hydrogens (tertiary/aromatic N) is 2. The van der Waals surface area contributed by atoms with Crippen molar-refractivity contribution in [1.29, 1.82) is 0 Å². The number of hydrogen-bond donors (Lipinski definition) is 2. The Kier molecular flexibility index (Phi) is 10.4. The minimum Gasteiger partial charge on any atom is -0.342 e. The minimum atomic E-state index is -0.220. The number of nitrogens with one attached hydrogen (secondary N) is 2. The lowest BCUT2D eigenvalue weighted by Crippen LogP contribution is -2.46. The number of anilines is 2. The maximum absolute atomic E-state index is 13.0. The van der Waals surface area contributed by atoms with Gasteiger partial charge in [0.25, 0.3) is 5.91 Å². The van der Waals surface area contributed by atoms with Crippen molar-refractivity contribution in [2.75, 3.05) is 30.8 Å². The average molecular weight is 595 g/mol. The van der Waals surface area contributed by atoms with E-state index < -0.39 is 0 Å². The van der Waals surface area contributed by atoms with Crippen LogP contribution in [-0.2, 0) is 27.3 Å². The maximum Gasteiger partial charge on any atom is 0.253 e. The Morgan fingerprint density at radius 2 is 1.48 bits per heavy atom.